The zero-order chi connectivity index (χ0) is 15.1. The molecule has 2 aromatic carbocycles. The molecule has 22 heavy (non-hydrogen) atoms. The van der Waals surface area contributed by atoms with Gasteiger partial charge in [0.2, 0.25) is 0 Å². The molecule has 0 aliphatic heterocycles. The molecular formula is C21H20Zr. The minimum absolute atomic E-state index is 0.658. The van der Waals surface area contributed by atoms with E-state index < -0.39 is 21.3 Å². The van der Waals surface area contributed by atoms with Crippen molar-refractivity contribution in [2.24, 2.45) is 0 Å². The van der Waals surface area contributed by atoms with Crippen LogP contribution in [0.1, 0.15) is 35.0 Å². The molecule has 0 spiro atoms. The molecular weight excluding hydrogens is 343 g/mol. The second-order valence-electron chi connectivity index (χ2n) is 6.35. The van der Waals surface area contributed by atoms with Crippen molar-refractivity contribution in [2.75, 3.05) is 0 Å². The molecule has 0 aromatic heterocycles. The van der Waals surface area contributed by atoms with Gasteiger partial charge >= 0.3 is 141 Å². The van der Waals surface area contributed by atoms with Gasteiger partial charge < -0.3 is 0 Å². The van der Waals surface area contributed by atoms with Gasteiger partial charge in [0.1, 0.15) is 0 Å². The van der Waals surface area contributed by atoms with Gasteiger partial charge in [0, 0.05) is 0 Å². The van der Waals surface area contributed by atoms with E-state index in [-0.39, 0.29) is 0 Å². The Labute approximate surface area is 140 Å². The molecule has 0 fully saturated rings. The van der Waals surface area contributed by atoms with Crippen molar-refractivity contribution < 1.29 is 21.3 Å². The first-order valence-electron chi connectivity index (χ1n) is 7.99. The van der Waals surface area contributed by atoms with E-state index >= 15 is 0 Å². The molecule has 2 aliphatic carbocycles. The summed E-state index contributed by atoms with van der Waals surface area (Å²) in [6.45, 7) is 4.74. The predicted octanol–water partition coefficient (Wildman–Crippen LogP) is 5.43. The number of allylic oxidation sites excluding steroid dienone is 4. The Hall–Kier alpha value is -1.33. The molecule has 2 aromatic rings. The molecule has 0 amide bonds. The van der Waals surface area contributed by atoms with Gasteiger partial charge in [-0.05, 0) is 0 Å². The van der Waals surface area contributed by atoms with Crippen LogP contribution in [0.25, 0.3) is 11.1 Å². The molecule has 0 nitrogen and oxygen atoms in total. The Morgan fingerprint density at radius 3 is 2.00 bits per heavy atom. The van der Waals surface area contributed by atoms with Crippen molar-refractivity contribution in [2.45, 2.75) is 23.9 Å². The van der Waals surface area contributed by atoms with E-state index in [1.54, 1.807) is 17.6 Å². The number of hydrogen-bond acceptors (Lipinski definition) is 0. The van der Waals surface area contributed by atoms with Crippen LogP contribution in [0, 0.1) is 0 Å². The first-order valence-corrected chi connectivity index (χ1v) is 11.9. The van der Waals surface area contributed by atoms with Crippen molar-refractivity contribution in [3.05, 3.63) is 81.2 Å². The summed E-state index contributed by atoms with van der Waals surface area (Å²) < 4.78 is 4.11. The Kier molecular flexibility index (Phi) is 3.70. The van der Waals surface area contributed by atoms with E-state index in [9.17, 15) is 0 Å². The monoisotopic (exact) mass is 362 g/mol. The molecule has 1 heteroatoms. The third kappa shape index (κ3) is 2.18. The third-order valence-electron chi connectivity index (χ3n) is 4.78. The third-order valence-corrected chi connectivity index (χ3v) is 13.0. The second kappa shape index (κ2) is 5.71. The van der Waals surface area contributed by atoms with Crippen LogP contribution < -0.4 is 0 Å². The van der Waals surface area contributed by atoms with E-state index in [4.69, 9.17) is 0 Å². The first kappa shape index (κ1) is 14.3. The summed E-state index contributed by atoms with van der Waals surface area (Å²) in [7, 11) is 0. The maximum atomic E-state index is 2.41. The molecule has 0 unspecified atom stereocenters. The number of benzene rings is 2. The van der Waals surface area contributed by atoms with E-state index in [1.807, 2.05) is 0 Å². The fourth-order valence-electron chi connectivity index (χ4n) is 3.91. The molecule has 0 N–H and O–H groups in total. The summed E-state index contributed by atoms with van der Waals surface area (Å²) in [5.41, 5.74) is 6.09. The molecule has 108 valence electrons. The topological polar surface area (TPSA) is 0 Å². The van der Waals surface area contributed by atoms with Crippen molar-refractivity contribution >= 4 is 3.21 Å². The zero-order valence-electron chi connectivity index (χ0n) is 13.1. The summed E-state index contributed by atoms with van der Waals surface area (Å²) in [6, 6.07) is 18.1. The van der Waals surface area contributed by atoms with Gasteiger partial charge in [-0.3, -0.25) is 0 Å². The standard InChI is InChI=1S/C13H9.C5H5.C3H6.Zr/c1-3-7-12-10(5-1)9-11-6-2-4-8-13(11)12;1-2-4-5-3-1;1-3-2;/h1-9H;1-3H,4H2;1-2H3;. The molecule has 0 heterocycles. The zero-order valence-corrected chi connectivity index (χ0v) is 15.6. The van der Waals surface area contributed by atoms with Crippen molar-refractivity contribution in [3.63, 3.8) is 0 Å². The summed E-state index contributed by atoms with van der Waals surface area (Å²) in [4.78, 5) is 0. The quantitative estimate of drug-likeness (QED) is 0.667. The van der Waals surface area contributed by atoms with Gasteiger partial charge in [0.15, 0.2) is 0 Å². The minimum atomic E-state index is -1.87. The van der Waals surface area contributed by atoms with Gasteiger partial charge in [0.25, 0.3) is 0 Å². The summed E-state index contributed by atoms with van der Waals surface area (Å²) in [6.07, 6.45) is 8.17. The van der Waals surface area contributed by atoms with Crippen LogP contribution >= 0.6 is 0 Å². The first-order chi connectivity index (χ1) is 10.8. The van der Waals surface area contributed by atoms with Crippen LogP contribution in [0.2, 0.25) is 0 Å². The summed E-state index contributed by atoms with van der Waals surface area (Å²) >= 11 is -1.87. The summed E-state index contributed by atoms with van der Waals surface area (Å²) in [5, 5.41) is 0. The van der Waals surface area contributed by atoms with Gasteiger partial charge in [-0.2, -0.15) is 0 Å². The maximum absolute atomic E-state index is 2.41. The molecule has 2 aliphatic rings. The van der Waals surface area contributed by atoms with Gasteiger partial charge in [0.05, 0.1) is 0 Å². The number of hydrogen-bond donors (Lipinski definition) is 0. The fourth-order valence-corrected chi connectivity index (χ4v) is 12.1. The molecule has 0 saturated heterocycles. The Bertz CT molecular complexity index is 787. The van der Waals surface area contributed by atoms with E-state index in [0.29, 0.717) is 3.63 Å². The van der Waals surface area contributed by atoms with Crippen LogP contribution in [0.5, 0.6) is 0 Å². The summed E-state index contributed by atoms with van der Waals surface area (Å²) in [5.74, 6) is 0. The van der Waals surface area contributed by atoms with Gasteiger partial charge in [-0.1, -0.05) is 0 Å². The Morgan fingerprint density at radius 1 is 0.909 bits per heavy atom. The van der Waals surface area contributed by atoms with E-state index in [2.05, 4.69) is 80.6 Å². The van der Waals surface area contributed by atoms with Crippen molar-refractivity contribution in [1.82, 2.24) is 0 Å². The van der Waals surface area contributed by atoms with Crippen LogP contribution in [0.15, 0.2) is 70.0 Å². The molecule has 0 saturated carbocycles. The normalized spacial score (nSPS) is 15.5. The van der Waals surface area contributed by atoms with Crippen molar-refractivity contribution in [3.8, 4) is 11.1 Å². The van der Waals surface area contributed by atoms with Gasteiger partial charge in [-0.25, -0.2) is 0 Å². The fraction of sp³-hybridized carbons (Fsp3) is 0.190. The number of rotatable bonds is 2. The van der Waals surface area contributed by atoms with E-state index in [0.717, 1.165) is 0 Å². The van der Waals surface area contributed by atoms with Crippen LogP contribution in [-0.4, -0.2) is 3.21 Å². The Morgan fingerprint density at radius 2 is 1.50 bits per heavy atom. The average Bonchev–Trinajstić information content (AvgIpc) is 3.16. The van der Waals surface area contributed by atoms with Crippen molar-refractivity contribution in [1.29, 1.82) is 0 Å². The average molecular weight is 364 g/mol. The van der Waals surface area contributed by atoms with Gasteiger partial charge in [-0.15, -0.1) is 0 Å². The molecule has 0 radical (unpaired) electrons. The van der Waals surface area contributed by atoms with E-state index in [1.165, 1.54) is 17.5 Å². The SMILES string of the molecule is C[C](C)=[Zr]([C]1=CC=CC1)[CH]1c2ccccc2-c2ccccc21. The number of fused-ring (bicyclic) bond motifs is 3. The molecule has 0 atom stereocenters. The van der Waals surface area contributed by atoms with Crippen LogP contribution in [0.4, 0.5) is 0 Å². The molecule has 0 bridgehead atoms. The Balaban J connectivity index is 1.97. The predicted molar refractivity (Wildman–Crippen MR) is 91.9 cm³/mol. The van der Waals surface area contributed by atoms with Crippen LogP contribution in [-0.2, 0) is 21.3 Å². The molecule has 4 rings (SSSR count). The van der Waals surface area contributed by atoms with Crippen LogP contribution in [0.3, 0.4) is 0 Å². The second-order valence-corrected chi connectivity index (χ2v) is 13.8.